The van der Waals surface area contributed by atoms with Gasteiger partial charge in [-0.15, -0.1) is 12.8 Å². The molecule has 0 fully saturated rings. The van der Waals surface area contributed by atoms with E-state index in [4.69, 9.17) is 12.8 Å². The molecule has 0 aliphatic heterocycles. The minimum atomic E-state index is -0.866. The summed E-state index contributed by atoms with van der Waals surface area (Å²) in [7, 11) is -0.866. The van der Waals surface area contributed by atoms with Gasteiger partial charge in [0.25, 0.3) is 0 Å². The van der Waals surface area contributed by atoms with Crippen LogP contribution in [0.4, 0.5) is 0 Å². The van der Waals surface area contributed by atoms with Gasteiger partial charge < -0.3 is 0 Å². The topological polar surface area (TPSA) is 0 Å². The minimum absolute atomic E-state index is 0.848. The van der Waals surface area contributed by atoms with E-state index in [2.05, 4.69) is 31.0 Å². The molecule has 13 heavy (non-hydrogen) atoms. The van der Waals surface area contributed by atoms with Gasteiger partial charge in [-0.1, -0.05) is 37.1 Å². The van der Waals surface area contributed by atoms with Crippen molar-refractivity contribution in [1.82, 2.24) is 0 Å². The molecule has 0 aliphatic rings. The van der Waals surface area contributed by atoms with Crippen molar-refractivity contribution in [3.8, 4) is 24.7 Å². The molecule has 0 saturated heterocycles. The standard InChI is InChI=1S/C12H12Si/c1-5-10-8-7-9-12(13(3)4)11(10)6-2/h1-2,7-9,13H,3-4H3. The molecule has 0 aliphatic carbocycles. The Hall–Kier alpha value is -1.44. The predicted molar refractivity (Wildman–Crippen MR) is 60.8 cm³/mol. The Kier molecular flexibility index (Phi) is 2.96. The summed E-state index contributed by atoms with van der Waals surface area (Å²) in [5.74, 6) is 5.31. The molecule has 0 nitrogen and oxygen atoms in total. The van der Waals surface area contributed by atoms with E-state index in [9.17, 15) is 0 Å². The van der Waals surface area contributed by atoms with E-state index < -0.39 is 8.80 Å². The summed E-state index contributed by atoms with van der Waals surface area (Å²) in [5.41, 5.74) is 1.77. The number of terminal acetylenes is 2. The van der Waals surface area contributed by atoms with E-state index in [0.717, 1.165) is 11.1 Å². The molecule has 0 spiro atoms. The lowest BCUT2D eigenvalue weighted by Gasteiger charge is -2.08. The van der Waals surface area contributed by atoms with Crippen LogP contribution in [0, 0.1) is 24.7 Å². The molecule has 0 saturated carbocycles. The highest BCUT2D eigenvalue weighted by Gasteiger charge is 2.07. The van der Waals surface area contributed by atoms with Crippen molar-refractivity contribution in [3.63, 3.8) is 0 Å². The van der Waals surface area contributed by atoms with Gasteiger partial charge in [0, 0.05) is 11.1 Å². The van der Waals surface area contributed by atoms with Gasteiger partial charge in [0.2, 0.25) is 0 Å². The fraction of sp³-hybridized carbons (Fsp3) is 0.167. The molecular weight excluding hydrogens is 172 g/mol. The average Bonchev–Trinajstić information content (AvgIpc) is 2.16. The van der Waals surface area contributed by atoms with Gasteiger partial charge in [0.1, 0.15) is 0 Å². The van der Waals surface area contributed by atoms with Crippen LogP contribution in [0.5, 0.6) is 0 Å². The second-order valence-electron chi connectivity index (χ2n) is 3.21. The van der Waals surface area contributed by atoms with Gasteiger partial charge in [-0.3, -0.25) is 0 Å². The zero-order valence-corrected chi connectivity index (χ0v) is 9.12. The Morgan fingerprint density at radius 2 is 1.85 bits per heavy atom. The first-order valence-corrected chi connectivity index (χ1v) is 7.15. The van der Waals surface area contributed by atoms with Crippen LogP contribution in [0.25, 0.3) is 0 Å². The molecule has 1 rings (SSSR count). The third-order valence-corrected chi connectivity index (χ3v) is 3.74. The normalized spacial score (nSPS) is 9.31. The van der Waals surface area contributed by atoms with E-state index in [-0.39, 0.29) is 0 Å². The summed E-state index contributed by atoms with van der Waals surface area (Å²) in [6.07, 6.45) is 10.8. The summed E-state index contributed by atoms with van der Waals surface area (Å²) < 4.78 is 0. The largest absolute Gasteiger partial charge is 0.115 e. The molecule has 0 bridgehead atoms. The van der Waals surface area contributed by atoms with Crippen LogP contribution < -0.4 is 5.19 Å². The van der Waals surface area contributed by atoms with Crippen molar-refractivity contribution in [1.29, 1.82) is 0 Å². The SMILES string of the molecule is C#Cc1cccc([SiH](C)C)c1C#C. The first-order chi connectivity index (χ1) is 6.20. The van der Waals surface area contributed by atoms with Crippen LogP contribution in [-0.4, -0.2) is 8.80 Å². The van der Waals surface area contributed by atoms with Crippen molar-refractivity contribution in [2.45, 2.75) is 13.1 Å². The highest BCUT2D eigenvalue weighted by atomic mass is 28.3. The van der Waals surface area contributed by atoms with Crippen LogP contribution in [0.1, 0.15) is 11.1 Å². The maximum Gasteiger partial charge on any atom is 0.0664 e. The van der Waals surface area contributed by atoms with Gasteiger partial charge in [-0.2, -0.15) is 0 Å². The monoisotopic (exact) mass is 184 g/mol. The molecule has 0 atom stereocenters. The molecule has 1 heteroatoms. The van der Waals surface area contributed by atoms with E-state index in [0.29, 0.717) is 0 Å². The van der Waals surface area contributed by atoms with Crippen LogP contribution in [-0.2, 0) is 0 Å². The number of benzene rings is 1. The predicted octanol–water partition coefficient (Wildman–Crippen LogP) is 1.34. The average molecular weight is 184 g/mol. The molecule has 1 aromatic rings. The number of hydrogen-bond acceptors (Lipinski definition) is 0. The van der Waals surface area contributed by atoms with E-state index in [1.807, 2.05) is 12.1 Å². The lowest BCUT2D eigenvalue weighted by atomic mass is 10.1. The molecule has 0 N–H and O–H groups in total. The molecule has 0 aromatic heterocycles. The van der Waals surface area contributed by atoms with Crippen molar-refractivity contribution in [2.75, 3.05) is 0 Å². The Morgan fingerprint density at radius 3 is 2.31 bits per heavy atom. The Labute approximate surface area is 81.6 Å². The van der Waals surface area contributed by atoms with Gasteiger partial charge >= 0.3 is 0 Å². The second-order valence-corrected chi connectivity index (χ2v) is 6.14. The third-order valence-electron chi connectivity index (χ3n) is 2.02. The highest BCUT2D eigenvalue weighted by molar-refractivity contribution is 6.71. The molecule has 64 valence electrons. The van der Waals surface area contributed by atoms with Crippen LogP contribution >= 0.6 is 0 Å². The third kappa shape index (κ3) is 1.83. The van der Waals surface area contributed by atoms with Crippen molar-refractivity contribution < 1.29 is 0 Å². The number of hydrogen-bond donors (Lipinski definition) is 0. The summed E-state index contributed by atoms with van der Waals surface area (Å²) in [6.45, 7) is 4.49. The molecular formula is C12H12Si. The quantitative estimate of drug-likeness (QED) is 0.456. The summed E-state index contributed by atoms with van der Waals surface area (Å²) in [6, 6.07) is 5.97. The zero-order chi connectivity index (χ0) is 9.84. The van der Waals surface area contributed by atoms with Crippen LogP contribution in [0.15, 0.2) is 18.2 Å². The fourth-order valence-corrected chi connectivity index (χ4v) is 2.64. The summed E-state index contributed by atoms with van der Waals surface area (Å²) in [4.78, 5) is 0. The van der Waals surface area contributed by atoms with E-state index >= 15 is 0 Å². The molecule has 1 aromatic carbocycles. The first kappa shape index (κ1) is 9.64. The summed E-state index contributed by atoms with van der Waals surface area (Å²) in [5, 5.41) is 1.29. The zero-order valence-electron chi connectivity index (χ0n) is 7.96. The smallest absolute Gasteiger partial charge is 0.0664 e. The minimum Gasteiger partial charge on any atom is -0.115 e. The van der Waals surface area contributed by atoms with Crippen molar-refractivity contribution >= 4 is 14.0 Å². The van der Waals surface area contributed by atoms with Crippen LogP contribution in [0.2, 0.25) is 13.1 Å². The van der Waals surface area contributed by atoms with Crippen molar-refractivity contribution in [3.05, 3.63) is 29.3 Å². The lowest BCUT2D eigenvalue weighted by molar-refractivity contribution is 1.62. The lowest BCUT2D eigenvalue weighted by Crippen LogP contribution is -2.26. The second kappa shape index (κ2) is 3.98. The molecule has 0 amide bonds. The highest BCUT2D eigenvalue weighted by Crippen LogP contribution is 2.04. The molecule has 0 heterocycles. The van der Waals surface area contributed by atoms with Crippen molar-refractivity contribution in [2.24, 2.45) is 0 Å². The van der Waals surface area contributed by atoms with Crippen LogP contribution in [0.3, 0.4) is 0 Å². The molecule has 0 radical (unpaired) electrons. The maximum atomic E-state index is 5.44. The maximum absolute atomic E-state index is 5.44. The number of rotatable bonds is 1. The van der Waals surface area contributed by atoms with Gasteiger partial charge in [-0.05, 0) is 11.3 Å². The summed E-state index contributed by atoms with van der Waals surface area (Å²) >= 11 is 0. The van der Waals surface area contributed by atoms with Gasteiger partial charge in [-0.25, -0.2) is 0 Å². The fourth-order valence-electron chi connectivity index (χ4n) is 1.33. The Balaban J connectivity index is 3.40. The first-order valence-electron chi connectivity index (χ1n) is 4.26. The van der Waals surface area contributed by atoms with Gasteiger partial charge in [0.05, 0.1) is 8.80 Å². The Bertz CT molecular complexity index is 389. The Morgan fingerprint density at radius 1 is 1.15 bits per heavy atom. The van der Waals surface area contributed by atoms with Gasteiger partial charge in [0.15, 0.2) is 0 Å². The van der Waals surface area contributed by atoms with E-state index in [1.165, 1.54) is 5.19 Å². The van der Waals surface area contributed by atoms with E-state index in [1.54, 1.807) is 0 Å². The molecule has 0 unspecified atom stereocenters.